The van der Waals surface area contributed by atoms with E-state index in [-0.39, 0.29) is 0 Å². The Hall–Kier alpha value is -1.17. The fourth-order valence-corrected chi connectivity index (χ4v) is 0.830. The van der Waals surface area contributed by atoms with Crippen LogP contribution in [0.15, 0.2) is 12.4 Å². The van der Waals surface area contributed by atoms with Crippen LogP contribution >= 0.6 is 0 Å². The van der Waals surface area contributed by atoms with Crippen molar-refractivity contribution in [3.8, 4) is 0 Å². The second kappa shape index (κ2) is 3.69. The van der Waals surface area contributed by atoms with Crippen molar-refractivity contribution < 1.29 is 13.2 Å². The summed E-state index contributed by atoms with van der Waals surface area (Å²) in [6.07, 6.45) is -3.49. The minimum absolute atomic E-state index is 0.297. The number of rotatable bonds is 2. The minimum Gasteiger partial charge on any atom is -0.314 e. The van der Waals surface area contributed by atoms with Crippen molar-refractivity contribution in [3.63, 3.8) is 0 Å². The molecule has 1 aromatic rings. The topological polar surface area (TPSA) is 37.8 Å². The number of halogens is 3. The maximum Gasteiger partial charge on any atom is 0.433 e. The average Bonchev–Trinajstić information content (AvgIpc) is 2.04. The molecular weight excluding hydrogens is 183 g/mol. The molecule has 1 N–H and O–H groups in total. The molecule has 0 unspecified atom stereocenters. The molecule has 0 saturated carbocycles. The summed E-state index contributed by atoms with van der Waals surface area (Å²) in [5, 5.41) is 2.71. The van der Waals surface area contributed by atoms with Crippen LogP contribution in [-0.4, -0.2) is 17.0 Å². The summed E-state index contributed by atoms with van der Waals surface area (Å²) in [4.78, 5) is 6.80. The molecule has 0 aliphatic carbocycles. The molecule has 0 radical (unpaired) electrons. The summed E-state index contributed by atoms with van der Waals surface area (Å²) in [5.74, 6) is 0. The quantitative estimate of drug-likeness (QED) is 0.763. The van der Waals surface area contributed by atoms with E-state index >= 15 is 0 Å². The molecule has 0 bridgehead atoms. The Balaban J connectivity index is 2.92. The van der Waals surface area contributed by atoms with E-state index in [0.29, 0.717) is 12.2 Å². The molecular formula is C7H8F3N3. The lowest BCUT2D eigenvalue weighted by Gasteiger charge is -2.06. The lowest BCUT2D eigenvalue weighted by molar-refractivity contribution is -0.141. The molecule has 0 aliphatic rings. The first-order valence-electron chi connectivity index (χ1n) is 3.57. The Morgan fingerprint density at radius 3 is 2.62 bits per heavy atom. The van der Waals surface area contributed by atoms with Gasteiger partial charge in [0.05, 0.1) is 5.69 Å². The third-order valence-corrected chi connectivity index (χ3v) is 1.37. The van der Waals surface area contributed by atoms with Crippen LogP contribution in [0, 0.1) is 0 Å². The fourth-order valence-electron chi connectivity index (χ4n) is 0.830. The Morgan fingerprint density at radius 1 is 1.38 bits per heavy atom. The predicted molar refractivity (Wildman–Crippen MR) is 39.8 cm³/mol. The summed E-state index contributed by atoms with van der Waals surface area (Å²) in [5.41, 5.74) is -0.586. The lowest BCUT2D eigenvalue weighted by Crippen LogP contribution is -2.12. The van der Waals surface area contributed by atoms with Crippen molar-refractivity contribution in [1.82, 2.24) is 15.3 Å². The molecule has 0 amide bonds. The van der Waals surface area contributed by atoms with Crippen LogP contribution in [-0.2, 0) is 12.7 Å². The van der Waals surface area contributed by atoms with Crippen molar-refractivity contribution in [2.75, 3.05) is 7.05 Å². The Labute approximate surface area is 73.0 Å². The Morgan fingerprint density at radius 2 is 2.08 bits per heavy atom. The van der Waals surface area contributed by atoms with Crippen molar-refractivity contribution in [2.24, 2.45) is 0 Å². The third-order valence-electron chi connectivity index (χ3n) is 1.37. The monoisotopic (exact) mass is 191 g/mol. The predicted octanol–water partition coefficient (Wildman–Crippen LogP) is 1.21. The average molecular weight is 191 g/mol. The zero-order valence-electron chi connectivity index (χ0n) is 6.89. The van der Waals surface area contributed by atoms with Gasteiger partial charge in [-0.2, -0.15) is 13.2 Å². The van der Waals surface area contributed by atoms with Gasteiger partial charge in [0, 0.05) is 6.54 Å². The summed E-state index contributed by atoms with van der Waals surface area (Å²) in [6.45, 7) is 0.297. The SMILES string of the molecule is CNCc1cc(C(F)(F)F)ncn1. The highest BCUT2D eigenvalue weighted by Gasteiger charge is 2.32. The highest BCUT2D eigenvalue weighted by molar-refractivity contribution is 5.10. The summed E-state index contributed by atoms with van der Waals surface area (Å²) >= 11 is 0. The van der Waals surface area contributed by atoms with Crippen molar-refractivity contribution in [3.05, 3.63) is 23.8 Å². The van der Waals surface area contributed by atoms with Crippen LogP contribution in [0.1, 0.15) is 11.4 Å². The maximum atomic E-state index is 12.1. The molecule has 0 aliphatic heterocycles. The first kappa shape index (κ1) is 9.91. The van der Waals surface area contributed by atoms with E-state index in [9.17, 15) is 13.2 Å². The van der Waals surface area contributed by atoms with E-state index in [4.69, 9.17) is 0 Å². The number of hydrogen-bond acceptors (Lipinski definition) is 3. The highest BCUT2D eigenvalue weighted by Crippen LogP contribution is 2.27. The molecule has 0 spiro atoms. The van der Waals surface area contributed by atoms with E-state index in [1.54, 1.807) is 7.05 Å². The minimum atomic E-state index is -4.40. The number of nitrogens with zero attached hydrogens (tertiary/aromatic N) is 2. The van der Waals surface area contributed by atoms with Gasteiger partial charge in [-0.3, -0.25) is 0 Å². The molecule has 0 atom stereocenters. The highest BCUT2D eigenvalue weighted by atomic mass is 19.4. The lowest BCUT2D eigenvalue weighted by atomic mass is 10.3. The van der Waals surface area contributed by atoms with Crippen LogP contribution in [0.2, 0.25) is 0 Å². The number of aromatic nitrogens is 2. The van der Waals surface area contributed by atoms with Gasteiger partial charge in [0.25, 0.3) is 0 Å². The normalized spacial score (nSPS) is 11.7. The second-order valence-corrected chi connectivity index (χ2v) is 2.42. The summed E-state index contributed by atoms with van der Waals surface area (Å²) < 4.78 is 36.3. The van der Waals surface area contributed by atoms with Gasteiger partial charge in [0.2, 0.25) is 0 Å². The fraction of sp³-hybridized carbons (Fsp3) is 0.429. The molecule has 1 rings (SSSR count). The smallest absolute Gasteiger partial charge is 0.314 e. The van der Waals surface area contributed by atoms with Gasteiger partial charge in [-0.1, -0.05) is 0 Å². The molecule has 0 aromatic carbocycles. The zero-order chi connectivity index (χ0) is 9.90. The standard InChI is InChI=1S/C7H8F3N3/c1-11-3-5-2-6(7(8,9)10)13-4-12-5/h2,4,11H,3H2,1H3. The van der Waals surface area contributed by atoms with E-state index < -0.39 is 11.9 Å². The number of hydrogen-bond donors (Lipinski definition) is 1. The Bertz CT molecular complexity index is 285. The van der Waals surface area contributed by atoms with Crippen LogP contribution in [0.4, 0.5) is 13.2 Å². The van der Waals surface area contributed by atoms with E-state index in [1.807, 2.05) is 0 Å². The first-order chi connectivity index (χ1) is 6.04. The summed E-state index contributed by atoms with van der Waals surface area (Å²) in [6, 6.07) is 0.927. The molecule has 13 heavy (non-hydrogen) atoms. The van der Waals surface area contributed by atoms with Crippen LogP contribution < -0.4 is 5.32 Å². The van der Waals surface area contributed by atoms with E-state index in [0.717, 1.165) is 12.4 Å². The third kappa shape index (κ3) is 2.66. The van der Waals surface area contributed by atoms with Gasteiger partial charge in [-0.25, -0.2) is 9.97 Å². The van der Waals surface area contributed by atoms with Crippen molar-refractivity contribution in [2.45, 2.75) is 12.7 Å². The van der Waals surface area contributed by atoms with Gasteiger partial charge >= 0.3 is 6.18 Å². The van der Waals surface area contributed by atoms with Gasteiger partial charge in [-0.05, 0) is 13.1 Å². The largest absolute Gasteiger partial charge is 0.433 e. The molecule has 3 nitrogen and oxygen atoms in total. The van der Waals surface area contributed by atoms with Crippen molar-refractivity contribution >= 4 is 0 Å². The Kier molecular flexibility index (Phi) is 2.82. The number of alkyl halides is 3. The van der Waals surface area contributed by atoms with E-state index in [1.165, 1.54) is 0 Å². The molecule has 0 fully saturated rings. The second-order valence-electron chi connectivity index (χ2n) is 2.42. The first-order valence-corrected chi connectivity index (χ1v) is 3.57. The van der Waals surface area contributed by atoms with Gasteiger partial charge in [-0.15, -0.1) is 0 Å². The summed E-state index contributed by atoms with van der Waals surface area (Å²) in [7, 11) is 1.63. The van der Waals surface area contributed by atoms with Crippen LogP contribution in [0.5, 0.6) is 0 Å². The van der Waals surface area contributed by atoms with Crippen molar-refractivity contribution in [1.29, 1.82) is 0 Å². The van der Waals surface area contributed by atoms with Gasteiger partial charge in [0.1, 0.15) is 12.0 Å². The van der Waals surface area contributed by atoms with Crippen LogP contribution in [0.25, 0.3) is 0 Å². The maximum absolute atomic E-state index is 12.1. The number of nitrogens with one attached hydrogen (secondary N) is 1. The molecule has 1 heterocycles. The zero-order valence-corrected chi connectivity index (χ0v) is 6.89. The molecule has 0 saturated heterocycles. The van der Waals surface area contributed by atoms with Gasteiger partial charge < -0.3 is 5.32 Å². The van der Waals surface area contributed by atoms with Crippen LogP contribution in [0.3, 0.4) is 0 Å². The molecule has 1 aromatic heterocycles. The van der Waals surface area contributed by atoms with E-state index in [2.05, 4.69) is 15.3 Å². The van der Waals surface area contributed by atoms with Gasteiger partial charge in [0.15, 0.2) is 0 Å². The molecule has 6 heteroatoms. The molecule has 72 valence electrons.